The summed E-state index contributed by atoms with van der Waals surface area (Å²) in [5, 5.41) is 9.07. The minimum atomic E-state index is 0.101. The molecule has 1 saturated carbocycles. The zero-order valence-corrected chi connectivity index (χ0v) is 8.78. The first-order valence-corrected chi connectivity index (χ1v) is 5.63. The van der Waals surface area contributed by atoms with Crippen LogP contribution < -0.4 is 0 Å². The molecule has 14 heavy (non-hydrogen) atoms. The second-order valence-corrected chi connectivity index (χ2v) is 4.20. The molecule has 0 radical (unpaired) electrons. The van der Waals surface area contributed by atoms with E-state index in [4.69, 9.17) is 10.00 Å². The first-order valence-electron chi connectivity index (χ1n) is 5.63. The molecule has 0 aromatic heterocycles. The Balaban J connectivity index is 2.06. The highest BCUT2D eigenvalue weighted by Crippen LogP contribution is 2.31. The van der Waals surface area contributed by atoms with Crippen molar-refractivity contribution in [3.05, 3.63) is 0 Å². The summed E-state index contributed by atoms with van der Waals surface area (Å²) in [4.78, 5) is 2.36. The van der Waals surface area contributed by atoms with E-state index in [1.807, 2.05) is 0 Å². The van der Waals surface area contributed by atoms with E-state index in [-0.39, 0.29) is 6.04 Å². The second kappa shape index (κ2) is 4.29. The van der Waals surface area contributed by atoms with Crippen molar-refractivity contribution in [1.82, 2.24) is 4.90 Å². The van der Waals surface area contributed by atoms with Gasteiger partial charge in [-0.25, -0.2) is 0 Å². The smallest absolute Gasteiger partial charge is 0.0979 e. The van der Waals surface area contributed by atoms with Gasteiger partial charge in [-0.3, -0.25) is 4.90 Å². The van der Waals surface area contributed by atoms with E-state index < -0.39 is 0 Å². The normalized spacial score (nSPS) is 34.9. The maximum Gasteiger partial charge on any atom is 0.0979 e. The van der Waals surface area contributed by atoms with Gasteiger partial charge in [-0.15, -0.1) is 0 Å². The van der Waals surface area contributed by atoms with E-state index in [0.29, 0.717) is 12.1 Å². The Morgan fingerprint density at radius 3 is 3.14 bits per heavy atom. The van der Waals surface area contributed by atoms with Crippen molar-refractivity contribution in [2.75, 3.05) is 13.2 Å². The molecule has 3 atom stereocenters. The molecule has 0 N–H and O–H groups in total. The summed E-state index contributed by atoms with van der Waals surface area (Å²) in [5.74, 6) is 0. The monoisotopic (exact) mass is 194 g/mol. The summed E-state index contributed by atoms with van der Waals surface area (Å²) in [6.45, 7) is 3.83. The fraction of sp³-hybridized carbons (Fsp3) is 0.909. The van der Waals surface area contributed by atoms with Crippen LogP contribution in [0.4, 0.5) is 0 Å². The van der Waals surface area contributed by atoms with Gasteiger partial charge < -0.3 is 4.74 Å². The maximum absolute atomic E-state index is 9.07. The fourth-order valence-electron chi connectivity index (χ4n) is 2.74. The summed E-state index contributed by atoms with van der Waals surface area (Å²) in [6, 6.07) is 3.03. The van der Waals surface area contributed by atoms with Crippen LogP contribution in [0.25, 0.3) is 0 Å². The molecule has 2 fully saturated rings. The molecule has 1 aliphatic heterocycles. The lowest BCUT2D eigenvalue weighted by atomic mass is 10.1. The largest absolute Gasteiger partial charge is 0.375 e. The topological polar surface area (TPSA) is 36.3 Å². The standard InChI is InChI=1S/C11H18N2O/c1-2-9(8-12)13-6-7-14-11-5-3-4-10(11)13/h9-11H,2-7H2,1H3. The molecule has 3 nitrogen and oxygen atoms in total. The van der Waals surface area contributed by atoms with Crippen LogP contribution in [0.3, 0.4) is 0 Å². The van der Waals surface area contributed by atoms with Gasteiger partial charge >= 0.3 is 0 Å². The van der Waals surface area contributed by atoms with Crippen molar-refractivity contribution < 1.29 is 4.74 Å². The molecule has 1 saturated heterocycles. The highest BCUT2D eigenvalue weighted by molar-refractivity contribution is 4.99. The van der Waals surface area contributed by atoms with Crippen molar-refractivity contribution in [3.63, 3.8) is 0 Å². The lowest BCUT2D eigenvalue weighted by Gasteiger charge is -2.39. The van der Waals surface area contributed by atoms with E-state index in [2.05, 4.69) is 17.9 Å². The average molecular weight is 194 g/mol. The number of rotatable bonds is 2. The molecule has 0 spiro atoms. The van der Waals surface area contributed by atoms with Crippen LogP contribution in [0.1, 0.15) is 32.6 Å². The average Bonchev–Trinajstić information content (AvgIpc) is 2.68. The van der Waals surface area contributed by atoms with Gasteiger partial charge in [-0.2, -0.15) is 5.26 Å². The number of ether oxygens (including phenoxy) is 1. The van der Waals surface area contributed by atoms with Crippen molar-refractivity contribution in [2.24, 2.45) is 0 Å². The number of hydrogen-bond donors (Lipinski definition) is 0. The van der Waals surface area contributed by atoms with Gasteiger partial charge in [0.2, 0.25) is 0 Å². The van der Waals surface area contributed by atoms with Crippen molar-refractivity contribution in [1.29, 1.82) is 5.26 Å². The number of morpholine rings is 1. The second-order valence-electron chi connectivity index (χ2n) is 4.20. The molecular formula is C11H18N2O. The van der Waals surface area contributed by atoms with Crippen LogP contribution in [0.15, 0.2) is 0 Å². The van der Waals surface area contributed by atoms with Gasteiger partial charge in [0, 0.05) is 12.6 Å². The van der Waals surface area contributed by atoms with Crippen LogP contribution in [0, 0.1) is 11.3 Å². The van der Waals surface area contributed by atoms with Gasteiger partial charge in [0.15, 0.2) is 0 Å². The summed E-state index contributed by atoms with van der Waals surface area (Å²) in [6.07, 6.45) is 4.99. The van der Waals surface area contributed by atoms with Gasteiger partial charge in [-0.05, 0) is 25.7 Å². The lowest BCUT2D eigenvalue weighted by Crippen LogP contribution is -2.52. The third kappa shape index (κ3) is 1.65. The molecule has 3 unspecified atom stereocenters. The predicted molar refractivity (Wildman–Crippen MR) is 53.8 cm³/mol. The Kier molecular flexibility index (Phi) is 3.05. The molecule has 1 heterocycles. The van der Waals surface area contributed by atoms with Gasteiger partial charge in [0.25, 0.3) is 0 Å². The van der Waals surface area contributed by atoms with Crippen molar-refractivity contribution in [2.45, 2.75) is 50.8 Å². The SMILES string of the molecule is CCC(C#N)N1CCOC2CCCC21. The zero-order valence-electron chi connectivity index (χ0n) is 8.78. The van der Waals surface area contributed by atoms with Crippen LogP contribution in [0.5, 0.6) is 0 Å². The van der Waals surface area contributed by atoms with Crippen LogP contribution in [-0.2, 0) is 4.74 Å². The third-order valence-electron chi connectivity index (χ3n) is 3.46. The van der Waals surface area contributed by atoms with E-state index >= 15 is 0 Å². The molecule has 0 aromatic rings. The first kappa shape index (κ1) is 9.95. The Bertz CT molecular complexity index is 236. The minimum absolute atomic E-state index is 0.101. The van der Waals surface area contributed by atoms with E-state index in [1.54, 1.807) is 0 Å². The minimum Gasteiger partial charge on any atom is -0.375 e. The molecular weight excluding hydrogens is 176 g/mol. The van der Waals surface area contributed by atoms with Crippen molar-refractivity contribution >= 4 is 0 Å². The van der Waals surface area contributed by atoms with E-state index in [1.165, 1.54) is 19.3 Å². The highest BCUT2D eigenvalue weighted by atomic mass is 16.5. The zero-order chi connectivity index (χ0) is 9.97. The van der Waals surface area contributed by atoms with E-state index in [9.17, 15) is 0 Å². The summed E-state index contributed by atoms with van der Waals surface area (Å²) in [5.41, 5.74) is 0. The lowest BCUT2D eigenvalue weighted by molar-refractivity contribution is -0.0644. The fourth-order valence-corrected chi connectivity index (χ4v) is 2.74. The van der Waals surface area contributed by atoms with Crippen LogP contribution >= 0.6 is 0 Å². The molecule has 78 valence electrons. The Labute approximate surface area is 85.6 Å². The summed E-state index contributed by atoms with van der Waals surface area (Å²) < 4.78 is 5.72. The molecule has 1 aliphatic carbocycles. The molecule has 0 aromatic carbocycles. The number of nitriles is 1. The number of nitrogens with zero attached hydrogens (tertiary/aromatic N) is 2. The number of hydrogen-bond acceptors (Lipinski definition) is 3. The molecule has 3 heteroatoms. The number of fused-ring (bicyclic) bond motifs is 1. The molecule has 2 aliphatic rings. The van der Waals surface area contributed by atoms with Gasteiger partial charge in [0.05, 0.1) is 24.8 Å². The molecule has 0 amide bonds. The van der Waals surface area contributed by atoms with E-state index in [0.717, 1.165) is 19.6 Å². The summed E-state index contributed by atoms with van der Waals surface area (Å²) in [7, 11) is 0. The maximum atomic E-state index is 9.07. The Morgan fingerprint density at radius 1 is 1.57 bits per heavy atom. The van der Waals surface area contributed by atoms with Crippen molar-refractivity contribution in [3.8, 4) is 6.07 Å². The van der Waals surface area contributed by atoms with Crippen LogP contribution in [0.2, 0.25) is 0 Å². The molecule has 0 bridgehead atoms. The third-order valence-corrected chi connectivity index (χ3v) is 3.46. The Hall–Kier alpha value is -0.590. The van der Waals surface area contributed by atoms with Gasteiger partial charge in [0.1, 0.15) is 0 Å². The van der Waals surface area contributed by atoms with Crippen LogP contribution in [-0.4, -0.2) is 36.2 Å². The quantitative estimate of drug-likeness (QED) is 0.669. The molecule has 2 rings (SSSR count). The predicted octanol–water partition coefficient (Wildman–Crippen LogP) is 1.54. The van der Waals surface area contributed by atoms with Gasteiger partial charge in [-0.1, -0.05) is 6.92 Å². The Morgan fingerprint density at radius 2 is 2.43 bits per heavy atom. The summed E-state index contributed by atoms with van der Waals surface area (Å²) >= 11 is 0. The first-order chi connectivity index (χ1) is 6.86. The highest BCUT2D eigenvalue weighted by Gasteiger charge is 2.38.